The predicted molar refractivity (Wildman–Crippen MR) is 148 cm³/mol. The van der Waals surface area contributed by atoms with E-state index in [-0.39, 0.29) is 24.5 Å². The van der Waals surface area contributed by atoms with E-state index in [2.05, 4.69) is 54.7 Å². The average molecular weight is 508 g/mol. The smallest absolute Gasteiger partial charge is 0.181 e. The Morgan fingerprint density at radius 2 is 1.72 bits per heavy atom. The van der Waals surface area contributed by atoms with Crippen LogP contribution in [0.1, 0.15) is 86.0 Å². The number of ether oxygens (including phenoxy) is 4. The Kier molecular flexibility index (Phi) is 13.7. The molecular weight excluding hydrogens is 452 g/mol. The molecule has 0 aromatic heterocycles. The molecule has 0 bridgehead atoms. The Morgan fingerprint density at radius 3 is 2.36 bits per heavy atom. The molecule has 1 N–H and O–H groups in total. The van der Waals surface area contributed by atoms with Gasteiger partial charge in [-0.15, -0.1) is 0 Å². The molecule has 36 heavy (non-hydrogen) atoms. The van der Waals surface area contributed by atoms with Crippen molar-refractivity contribution in [2.75, 3.05) is 33.0 Å². The van der Waals surface area contributed by atoms with Gasteiger partial charge in [0.05, 0.1) is 31.5 Å². The zero-order chi connectivity index (χ0) is 26.7. The van der Waals surface area contributed by atoms with E-state index in [0.717, 1.165) is 50.5 Å². The minimum atomic E-state index is -0.526. The largest absolute Gasteiger partial charge is 0.396 e. The maximum atomic E-state index is 10.2. The van der Waals surface area contributed by atoms with E-state index >= 15 is 0 Å². The number of aliphatic hydroxyl groups excluding tert-OH is 1. The first kappa shape index (κ1) is 31.5. The number of unbranched alkanes of at least 4 members (excludes halogenated alkanes) is 1. The van der Waals surface area contributed by atoms with Crippen LogP contribution in [0.25, 0.3) is 0 Å². The number of hydrogen-bond donors (Lipinski definition) is 1. The van der Waals surface area contributed by atoms with E-state index in [9.17, 15) is 5.11 Å². The number of aliphatic hydroxyl groups is 1. The fourth-order valence-corrected chi connectivity index (χ4v) is 6.29. The highest BCUT2D eigenvalue weighted by Crippen LogP contribution is 2.48. The third-order valence-corrected chi connectivity index (χ3v) is 8.46. The summed E-state index contributed by atoms with van der Waals surface area (Å²) in [5.41, 5.74) is 1.80. The molecule has 0 spiro atoms. The quantitative estimate of drug-likeness (QED) is 0.142. The minimum Gasteiger partial charge on any atom is -0.396 e. The third-order valence-electron chi connectivity index (χ3n) is 8.46. The standard InChI is InChI=1S/C31H55O5/c1-9-10-15-33-21-30(35-17-16-34-29-18-24(6)11-13-27(29)22(2)3)36-31(26(8)20-32)19-25(7)12-14-28(31)23(4)5/h24-30,32H,1-2,4,9-21H2,3,5-8H3. The van der Waals surface area contributed by atoms with Crippen LogP contribution in [0, 0.1) is 36.5 Å². The summed E-state index contributed by atoms with van der Waals surface area (Å²) in [5, 5.41) is 10.2. The molecule has 8 unspecified atom stereocenters. The number of rotatable bonds is 16. The van der Waals surface area contributed by atoms with Gasteiger partial charge < -0.3 is 24.1 Å². The first-order valence-corrected chi connectivity index (χ1v) is 14.3. The second-order valence-electron chi connectivity index (χ2n) is 11.8. The summed E-state index contributed by atoms with van der Waals surface area (Å²) in [6.45, 7) is 25.3. The summed E-state index contributed by atoms with van der Waals surface area (Å²) in [4.78, 5) is 0. The summed E-state index contributed by atoms with van der Waals surface area (Å²) < 4.78 is 25.4. The number of hydrogen-bond acceptors (Lipinski definition) is 5. The third kappa shape index (κ3) is 8.94. The van der Waals surface area contributed by atoms with Gasteiger partial charge in [0.1, 0.15) is 0 Å². The zero-order valence-corrected chi connectivity index (χ0v) is 23.9. The van der Waals surface area contributed by atoms with Gasteiger partial charge in [0.15, 0.2) is 6.29 Å². The molecule has 0 amide bonds. The lowest BCUT2D eigenvalue weighted by molar-refractivity contribution is -0.272. The van der Waals surface area contributed by atoms with Gasteiger partial charge in [-0.2, -0.15) is 0 Å². The van der Waals surface area contributed by atoms with Crippen molar-refractivity contribution in [3.63, 3.8) is 0 Å². The Labute approximate surface area is 222 Å². The van der Waals surface area contributed by atoms with Crippen LogP contribution in [0.3, 0.4) is 0 Å². The van der Waals surface area contributed by atoms with Crippen molar-refractivity contribution in [1.82, 2.24) is 0 Å². The molecule has 0 aromatic rings. The Hall–Kier alpha value is -0.720. The van der Waals surface area contributed by atoms with Crippen LogP contribution in [0.15, 0.2) is 24.3 Å². The molecule has 2 fully saturated rings. The Morgan fingerprint density at radius 1 is 1.00 bits per heavy atom. The molecule has 5 heteroatoms. The van der Waals surface area contributed by atoms with E-state index in [1.807, 2.05) is 0 Å². The lowest BCUT2D eigenvalue weighted by Crippen LogP contribution is -2.54. The summed E-state index contributed by atoms with van der Waals surface area (Å²) in [6.07, 6.45) is 7.91. The monoisotopic (exact) mass is 507 g/mol. The van der Waals surface area contributed by atoms with Crippen LogP contribution >= 0.6 is 0 Å². The second kappa shape index (κ2) is 15.6. The molecule has 2 saturated carbocycles. The second-order valence-corrected chi connectivity index (χ2v) is 11.8. The van der Waals surface area contributed by atoms with Crippen molar-refractivity contribution in [3.05, 3.63) is 31.2 Å². The van der Waals surface area contributed by atoms with Gasteiger partial charge in [0.2, 0.25) is 0 Å². The highest BCUT2D eigenvalue weighted by molar-refractivity contribution is 5.11. The van der Waals surface area contributed by atoms with Crippen molar-refractivity contribution >= 4 is 0 Å². The van der Waals surface area contributed by atoms with Crippen LogP contribution in [0.2, 0.25) is 0 Å². The first-order chi connectivity index (χ1) is 17.1. The predicted octanol–water partition coefficient (Wildman–Crippen LogP) is 6.75. The Balaban J connectivity index is 2.09. The fourth-order valence-electron chi connectivity index (χ4n) is 6.29. The highest BCUT2D eigenvalue weighted by atomic mass is 16.7. The topological polar surface area (TPSA) is 57.2 Å². The molecule has 2 rings (SSSR count). The zero-order valence-electron chi connectivity index (χ0n) is 23.9. The lowest BCUT2D eigenvalue weighted by atomic mass is 9.63. The first-order valence-electron chi connectivity index (χ1n) is 14.3. The van der Waals surface area contributed by atoms with Crippen LogP contribution in [0.5, 0.6) is 0 Å². The average Bonchev–Trinajstić information content (AvgIpc) is 2.83. The van der Waals surface area contributed by atoms with Crippen molar-refractivity contribution in [2.24, 2.45) is 29.6 Å². The molecule has 5 nitrogen and oxygen atoms in total. The van der Waals surface area contributed by atoms with Crippen LogP contribution in [0.4, 0.5) is 0 Å². The molecule has 209 valence electrons. The summed E-state index contributed by atoms with van der Waals surface area (Å²) in [7, 11) is 0. The van der Waals surface area contributed by atoms with Gasteiger partial charge in [-0.3, -0.25) is 0 Å². The summed E-state index contributed by atoms with van der Waals surface area (Å²) >= 11 is 0. The van der Waals surface area contributed by atoms with Crippen LogP contribution in [-0.2, 0) is 18.9 Å². The van der Waals surface area contributed by atoms with Gasteiger partial charge in [-0.05, 0) is 70.6 Å². The van der Waals surface area contributed by atoms with Gasteiger partial charge in [-0.25, -0.2) is 0 Å². The molecule has 0 heterocycles. The summed E-state index contributed by atoms with van der Waals surface area (Å²) in [5.74, 6) is 1.75. The van der Waals surface area contributed by atoms with Crippen molar-refractivity contribution in [2.45, 2.75) is 104 Å². The van der Waals surface area contributed by atoms with Crippen LogP contribution in [-0.4, -0.2) is 56.1 Å². The molecule has 0 aromatic carbocycles. The molecule has 0 aliphatic heterocycles. The van der Waals surface area contributed by atoms with Gasteiger partial charge >= 0.3 is 0 Å². The maximum absolute atomic E-state index is 10.2. The van der Waals surface area contributed by atoms with Gasteiger partial charge in [-0.1, -0.05) is 58.4 Å². The fraction of sp³-hybridized carbons (Fsp3) is 0.839. The molecule has 2 aliphatic carbocycles. The van der Waals surface area contributed by atoms with Crippen LogP contribution < -0.4 is 0 Å². The van der Waals surface area contributed by atoms with E-state index in [0.29, 0.717) is 44.2 Å². The van der Waals surface area contributed by atoms with E-state index in [1.54, 1.807) is 0 Å². The minimum absolute atomic E-state index is 0.0378. The summed E-state index contributed by atoms with van der Waals surface area (Å²) in [6, 6.07) is 0. The van der Waals surface area contributed by atoms with E-state index < -0.39 is 11.9 Å². The lowest BCUT2D eigenvalue weighted by Gasteiger charge is -2.51. The van der Waals surface area contributed by atoms with E-state index in [1.165, 1.54) is 12.0 Å². The van der Waals surface area contributed by atoms with Crippen molar-refractivity contribution in [3.8, 4) is 0 Å². The van der Waals surface area contributed by atoms with Crippen molar-refractivity contribution in [1.29, 1.82) is 0 Å². The normalized spacial score (nSPS) is 32.7. The molecule has 2 aliphatic rings. The molecular formula is C31H55O5. The van der Waals surface area contributed by atoms with Crippen molar-refractivity contribution < 1.29 is 24.1 Å². The SMILES string of the molecule is [CH2]CCCOCC(OCCOC1CC(C)CCC1C(=C)C)OC1(C(C)CO)CC(C)CCC1C(=C)C. The Bertz CT molecular complexity index is 663. The molecule has 1 radical (unpaired) electrons. The van der Waals surface area contributed by atoms with E-state index in [4.69, 9.17) is 18.9 Å². The van der Waals surface area contributed by atoms with Gasteiger partial charge in [0, 0.05) is 31.0 Å². The van der Waals surface area contributed by atoms with Gasteiger partial charge in [0.25, 0.3) is 0 Å². The maximum Gasteiger partial charge on any atom is 0.181 e. The highest BCUT2D eigenvalue weighted by Gasteiger charge is 2.49. The molecule has 0 saturated heterocycles. The molecule has 8 atom stereocenters.